The fourth-order valence-electron chi connectivity index (χ4n) is 2.43. The van der Waals surface area contributed by atoms with Crippen molar-refractivity contribution in [2.45, 2.75) is 38.2 Å². The van der Waals surface area contributed by atoms with Gasteiger partial charge in [0.15, 0.2) is 23.2 Å². The average Bonchev–Trinajstić information content (AvgIpc) is 2.56. The fraction of sp³-hybridized carbons (Fsp3) is 0.389. The van der Waals surface area contributed by atoms with Crippen LogP contribution in [0.3, 0.4) is 0 Å². The lowest BCUT2D eigenvalue weighted by atomic mass is 9.96. The molecule has 6 nitrogen and oxygen atoms in total. The number of carboxylic acid groups (broad SMARTS) is 1. The summed E-state index contributed by atoms with van der Waals surface area (Å²) in [4.78, 5) is 18.7. The smallest absolute Gasteiger partial charge is 0.303 e. The van der Waals surface area contributed by atoms with E-state index < -0.39 is 23.4 Å². The van der Waals surface area contributed by atoms with Crippen LogP contribution in [-0.4, -0.2) is 33.8 Å². The standard InChI is InChI=1S/C18H18F2N2O4/c19-13-9-11(10-14(20)17(13)25-8-2-5-16(23)24)18-21-7-6-15(22-18)26-12-3-1-4-12/h6-7,9-10,12H,1-5,8H2,(H,23,24). The summed E-state index contributed by atoms with van der Waals surface area (Å²) in [6, 6.07) is 3.77. The third-order valence-corrected chi connectivity index (χ3v) is 4.01. The van der Waals surface area contributed by atoms with E-state index in [0.29, 0.717) is 5.88 Å². The average molecular weight is 364 g/mol. The molecule has 0 bridgehead atoms. The SMILES string of the molecule is O=C(O)CCCOc1c(F)cc(-c2nccc(OC3CCC3)n2)cc1F. The van der Waals surface area contributed by atoms with E-state index >= 15 is 0 Å². The highest BCUT2D eigenvalue weighted by Crippen LogP contribution is 2.29. The molecule has 138 valence electrons. The Labute approximate surface area is 148 Å². The lowest BCUT2D eigenvalue weighted by Crippen LogP contribution is -2.25. The van der Waals surface area contributed by atoms with Crippen LogP contribution >= 0.6 is 0 Å². The maximum Gasteiger partial charge on any atom is 0.303 e. The van der Waals surface area contributed by atoms with E-state index in [1.54, 1.807) is 6.07 Å². The molecule has 26 heavy (non-hydrogen) atoms. The molecule has 0 atom stereocenters. The molecule has 0 radical (unpaired) electrons. The van der Waals surface area contributed by atoms with Gasteiger partial charge in [-0.1, -0.05) is 0 Å². The number of benzene rings is 1. The molecule has 1 heterocycles. The Morgan fingerprint density at radius 3 is 2.62 bits per heavy atom. The first-order valence-electron chi connectivity index (χ1n) is 8.36. The van der Waals surface area contributed by atoms with E-state index in [0.717, 1.165) is 31.4 Å². The van der Waals surface area contributed by atoms with Gasteiger partial charge in [0.05, 0.1) is 6.61 Å². The van der Waals surface area contributed by atoms with E-state index in [4.69, 9.17) is 14.6 Å². The van der Waals surface area contributed by atoms with Crippen LogP contribution in [0.5, 0.6) is 11.6 Å². The molecule has 8 heteroatoms. The van der Waals surface area contributed by atoms with Crippen molar-refractivity contribution in [3.8, 4) is 23.0 Å². The summed E-state index contributed by atoms with van der Waals surface area (Å²) in [5.41, 5.74) is 0.164. The van der Waals surface area contributed by atoms with Crippen molar-refractivity contribution >= 4 is 5.97 Å². The Morgan fingerprint density at radius 1 is 1.27 bits per heavy atom. The minimum absolute atomic E-state index is 0.0965. The van der Waals surface area contributed by atoms with Crippen LogP contribution in [0.4, 0.5) is 8.78 Å². The molecule has 0 spiro atoms. The van der Waals surface area contributed by atoms with E-state index in [-0.39, 0.29) is 36.9 Å². The zero-order valence-corrected chi connectivity index (χ0v) is 14.0. The third-order valence-electron chi connectivity index (χ3n) is 4.01. The van der Waals surface area contributed by atoms with Gasteiger partial charge in [-0.2, -0.15) is 4.98 Å². The van der Waals surface area contributed by atoms with Gasteiger partial charge in [-0.15, -0.1) is 0 Å². The number of halogens is 2. The maximum absolute atomic E-state index is 14.2. The van der Waals surface area contributed by atoms with Gasteiger partial charge in [0.1, 0.15) is 6.10 Å². The van der Waals surface area contributed by atoms with Gasteiger partial charge >= 0.3 is 5.97 Å². The molecule has 3 rings (SSSR count). The Morgan fingerprint density at radius 2 is 2.00 bits per heavy atom. The van der Waals surface area contributed by atoms with E-state index in [9.17, 15) is 13.6 Å². The zero-order chi connectivity index (χ0) is 18.5. The van der Waals surface area contributed by atoms with E-state index in [1.807, 2.05) is 0 Å². The normalized spacial score (nSPS) is 13.9. The first-order chi connectivity index (χ1) is 12.5. The number of ether oxygens (including phenoxy) is 2. The van der Waals surface area contributed by atoms with Gasteiger partial charge in [-0.3, -0.25) is 4.79 Å². The van der Waals surface area contributed by atoms with Crippen LogP contribution in [0.2, 0.25) is 0 Å². The van der Waals surface area contributed by atoms with Gasteiger partial charge in [0.2, 0.25) is 5.88 Å². The van der Waals surface area contributed by atoms with Gasteiger partial charge in [-0.25, -0.2) is 13.8 Å². The van der Waals surface area contributed by atoms with Crippen LogP contribution in [0.25, 0.3) is 11.4 Å². The minimum Gasteiger partial charge on any atom is -0.488 e. The summed E-state index contributed by atoms with van der Waals surface area (Å²) in [7, 11) is 0. The summed E-state index contributed by atoms with van der Waals surface area (Å²) in [6.07, 6.45) is 4.68. The second-order valence-corrected chi connectivity index (χ2v) is 6.00. The van der Waals surface area contributed by atoms with Gasteiger partial charge < -0.3 is 14.6 Å². The molecule has 0 amide bonds. The predicted molar refractivity (Wildman–Crippen MR) is 88.0 cm³/mol. The van der Waals surface area contributed by atoms with Crippen LogP contribution in [0.15, 0.2) is 24.4 Å². The molecule has 1 aliphatic rings. The van der Waals surface area contributed by atoms with Crippen LogP contribution in [-0.2, 0) is 4.79 Å². The van der Waals surface area contributed by atoms with Crippen molar-refractivity contribution in [2.24, 2.45) is 0 Å². The van der Waals surface area contributed by atoms with Crippen LogP contribution in [0.1, 0.15) is 32.1 Å². The molecule has 1 saturated carbocycles. The largest absolute Gasteiger partial charge is 0.488 e. The number of nitrogens with zero attached hydrogens (tertiary/aromatic N) is 2. The molecular weight excluding hydrogens is 346 g/mol. The number of carbonyl (C=O) groups is 1. The molecule has 0 unspecified atom stereocenters. The first-order valence-corrected chi connectivity index (χ1v) is 8.36. The quantitative estimate of drug-likeness (QED) is 0.721. The number of hydrogen-bond acceptors (Lipinski definition) is 5. The molecule has 1 aliphatic carbocycles. The molecule has 1 aromatic carbocycles. The summed E-state index contributed by atoms with van der Waals surface area (Å²) in [5.74, 6) is -2.81. The summed E-state index contributed by atoms with van der Waals surface area (Å²) >= 11 is 0. The highest BCUT2D eigenvalue weighted by Gasteiger charge is 2.20. The minimum atomic E-state index is -0.994. The van der Waals surface area contributed by atoms with Gasteiger partial charge in [-0.05, 0) is 37.8 Å². The molecular formula is C18H18F2N2O4. The van der Waals surface area contributed by atoms with Crippen LogP contribution < -0.4 is 9.47 Å². The fourth-order valence-corrected chi connectivity index (χ4v) is 2.43. The number of aliphatic carboxylic acids is 1. The number of rotatable bonds is 8. The number of aromatic nitrogens is 2. The van der Waals surface area contributed by atoms with Crippen molar-refractivity contribution < 1.29 is 28.2 Å². The Hall–Kier alpha value is -2.77. The van der Waals surface area contributed by atoms with Crippen LogP contribution in [0, 0.1) is 11.6 Å². The zero-order valence-electron chi connectivity index (χ0n) is 14.0. The highest BCUT2D eigenvalue weighted by atomic mass is 19.1. The van der Waals surface area contributed by atoms with E-state index in [2.05, 4.69) is 9.97 Å². The van der Waals surface area contributed by atoms with Gasteiger partial charge in [0, 0.05) is 24.2 Å². The monoisotopic (exact) mass is 364 g/mol. The van der Waals surface area contributed by atoms with Crippen molar-refractivity contribution in [1.82, 2.24) is 9.97 Å². The number of carboxylic acids is 1. The topological polar surface area (TPSA) is 81.5 Å². The Kier molecular flexibility index (Phi) is 5.60. The highest BCUT2D eigenvalue weighted by molar-refractivity contribution is 5.66. The van der Waals surface area contributed by atoms with E-state index in [1.165, 1.54) is 6.20 Å². The van der Waals surface area contributed by atoms with Crippen molar-refractivity contribution in [2.75, 3.05) is 6.61 Å². The summed E-state index contributed by atoms with van der Waals surface area (Å²) in [6.45, 7) is -0.0965. The lowest BCUT2D eigenvalue weighted by Gasteiger charge is -2.25. The van der Waals surface area contributed by atoms with Crippen molar-refractivity contribution in [3.63, 3.8) is 0 Å². The summed E-state index contributed by atoms with van der Waals surface area (Å²) < 4.78 is 39.1. The van der Waals surface area contributed by atoms with Crippen molar-refractivity contribution in [3.05, 3.63) is 36.0 Å². The number of hydrogen-bond donors (Lipinski definition) is 1. The Balaban J connectivity index is 1.72. The second-order valence-electron chi connectivity index (χ2n) is 6.00. The summed E-state index contributed by atoms with van der Waals surface area (Å²) in [5, 5.41) is 8.55. The molecule has 0 aliphatic heterocycles. The molecule has 1 aromatic heterocycles. The van der Waals surface area contributed by atoms with Crippen molar-refractivity contribution in [1.29, 1.82) is 0 Å². The molecule has 0 saturated heterocycles. The molecule has 1 N–H and O–H groups in total. The second kappa shape index (κ2) is 8.07. The van der Waals surface area contributed by atoms with Gasteiger partial charge in [0.25, 0.3) is 0 Å². The molecule has 2 aromatic rings. The predicted octanol–water partition coefficient (Wildman–Crippen LogP) is 3.60. The molecule has 1 fully saturated rings. The maximum atomic E-state index is 14.2. The first kappa shape index (κ1) is 18.0. The Bertz CT molecular complexity index is 774. The third kappa shape index (κ3) is 4.44. The lowest BCUT2D eigenvalue weighted by molar-refractivity contribution is -0.137.